The van der Waals surface area contributed by atoms with Crippen LogP contribution < -0.4 is 4.74 Å². The van der Waals surface area contributed by atoms with Crippen molar-refractivity contribution in [3.8, 4) is 5.75 Å². The summed E-state index contributed by atoms with van der Waals surface area (Å²) in [5.41, 5.74) is 1.05. The molecule has 0 N–H and O–H groups in total. The fourth-order valence-corrected chi connectivity index (χ4v) is 4.11. The fourth-order valence-electron chi connectivity index (χ4n) is 4.11. The molecule has 5 heteroatoms. The lowest BCUT2D eigenvalue weighted by molar-refractivity contribution is -0.137. The Kier molecular flexibility index (Phi) is 4.95. The first-order chi connectivity index (χ1) is 12.3. The van der Waals surface area contributed by atoms with Gasteiger partial charge in [-0.25, -0.2) is 0 Å². The van der Waals surface area contributed by atoms with E-state index < -0.39 is 0 Å². The number of pyridine rings is 2. The second kappa shape index (κ2) is 7.50. The van der Waals surface area contributed by atoms with Crippen LogP contribution in [0.2, 0.25) is 0 Å². The maximum atomic E-state index is 6.34. The summed E-state index contributed by atoms with van der Waals surface area (Å²) in [5, 5.41) is 0. The molecule has 0 amide bonds. The molecule has 132 valence electrons. The number of morpholine rings is 1. The second-order valence-electron chi connectivity index (χ2n) is 7.03. The van der Waals surface area contributed by atoms with Crippen LogP contribution in [0.4, 0.5) is 0 Å². The molecule has 0 unspecified atom stereocenters. The van der Waals surface area contributed by atoms with Crippen LogP contribution in [0.3, 0.4) is 0 Å². The van der Waals surface area contributed by atoms with Gasteiger partial charge in [0, 0.05) is 37.9 Å². The standard InChI is InChI=1S/C20H25N3O2/c1-2-10-22-18(6-1)14-23-11-12-25-20(16-23)8-3-5-17(20)15-24-19-7-4-9-21-13-19/h1-2,4,6-7,9-10,13,17H,3,5,8,11-12,14-16H2/t17-,20+/m0/s1. The average molecular weight is 339 g/mol. The molecule has 2 atom stereocenters. The molecule has 2 aromatic rings. The Morgan fingerprint density at radius 2 is 2.24 bits per heavy atom. The van der Waals surface area contributed by atoms with Crippen LogP contribution >= 0.6 is 0 Å². The number of hydrogen-bond acceptors (Lipinski definition) is 5. The molecule has 0 radical (unpaired) electrons. The summed E-state index contributed by atoms with van der Waals surface area (Å²) in [4.78, 5) is 11.1. The molecule has 2 fully saturated rings. The molecule has 5 nitrogen and oxygen atoms in total. The van der Waals surface area contributed by atoms with E-state index in [4.69, 9.17) is 9.47 Å². The van der Waals surface area contributed by atoms with E-state index in [1.165, 1.54) is 6.42 Å². The SMILES string of the molecule is c1ccc(CN2CCO[C@]3(CCC[C@H]3COc3cccnc3)C2)nc1. The minimum atomic E-state index is -0.0742. The normalized spacial score (nSPS) is 26.8. The third-order valence-electron chi connectivity index (χ3n) is 5.38. The Labute approximate surface area is 149 Å². The lowest BCUT2D eigenvalue weighted by Crippen LogP contribution is -2.54. The van der Waals surface area contributed by atoms with Crippen LogP contribution in [0.25, 0.3) is 0 Å². The van der Waals surface area contributed by atoms with Gasteiger partial charge in [0.1, 0.15) is 5.75 Å². The smallest absolute Gasteiger partial charge is 0.137 e. The Morgan fingerprint density at radius 3 is 3.08 bits per heavy atom. The molecule has 1 spiro atoms. The van der Waals surface area contributed by atoms with Gasteiger partial charge in [-0.1, -0.05) is 6.07 Å². The van der Waals surface area contributed by atoms with Gasteiger partial charge in [0.05, 0.1) is 30.7 Å². The predicted molar refractivity (Wildman–Crippen MR) is 95.3 cm³/mol. The first-order valence-corrected chi connectivity index (χ1v) is 9.13. The maximum absolute atomic E-state index is 6.34. The molecule has 25 heavy (non-hydrogen) atoms. The molecule has 3 heterocycles. The van der Waals surface area contributed by atoms with Gasteiger partial charge >= 0.3 is 0 Å². The first kappa shape index (κ1) is 16.5. The van der Waals surface area contributed by atoms with E-state index in [-0.39, 0.29) is 5.60 Å². The molecule has 2 aliphatic rings. The van der Waals surface area contributed by atoms with Crippen molar-refractivity contribution >= 4 is 0 Å². The van der Waals surface area contributed by atoms with E-state index in [1.54, 1.807) is 12.4 Å². The van der Waals surface area contributed by atoms with Crippen molar-refractivity contribution in [2.24, 2.45) is 5.92 Å². The third-order valence-corrected chi connectivity index (χ3v) is 5.38. The van der Waals surface area contributed by atoms with Gasteiger partial charge in [-0.2, -0.15) is 0 Å². The fraction of sp³-hybridized carbons (Fsp3) is 0.500. The first-order valence-electron chi connectivity index (χ1n) is 9.13. The van der Waals surface area contributed by atoms with Crippen molar-refractivity contribution in [1.29, 1.82) is 0 Å². The lowest BCUT2D eigenvalue weighted by Gasteiger charge is -2.44. The highest BCUT2D eigenvalue weighted by Crippen LogP contribution is 2.41. The maximum Gasteiger partial charge on any atom is 0.137 e. The molecule has 1 saturated carbocycles. The highest BCUT2D eigenvalue weighted by Gasteiger charge is 2.47. The largest absolute Gasteiger partial charge is 0.492 e. The van der Waals surface area contributed by atoms with E-state index in [2.05, 4.69) is 27.0 Å². The van der Waals surface area contributed by atoms with Crippen LogP contribution in [0.15, 0.2) is 48.9 Å². The van der Waals surface area contributed by atoms with Crippen molar-refractivity contribution in [3.05, 3.63) is 54.6 Å². The van der Waals surface area contributed by atoms with Crippen LogP contribution in [0.5, 0.6) is 5.75 Å². The lowest BCUT2D eigenvalue weighted by atomic mass is 9.89. The summed E-state index contributed by atoms with van der Waals surface area (Å²) in [6, 6.07) is 9.99. The zero-order chi connectivity index (χ0) is 17.0. The van der Waals surface area contributed by atoms with Gasteiger partial charge in [0.15, 0.2) is 0 Å². The van der Waals surface area contributed by atoms with Crippen LogP contribution in [0, 0.1) is 5.92 Å². The van der Waals surface area contributed by atoms with Crippen molar-refractivity contribution in [2.75, 3.05) is 26.3 Å². The molecule has 2 aromatic heterocycles. The Bertz CT molecular complexity index is 667. The monoisotopic (exact) mass is 339 g/mol. The summed E-state index contributed by atoms with van der Waals surface area (Å²) < 4.78 is 12.3. The Morgan fingerprint density at radius 1 is 1.24 bits per heavy atom. The van der Waals surface area contributed by atoms with Gasteiger partial charge < -0.3 is 9.47 Å². The quantitative estimate of drug-likeness (QED) is 0.838. The molecule has 0 aromatic carbocycles. The zero-order valence-corrected chi connectivity index (χ0v) is 14.5. The highest BCUT2D eigenvalue weighted by atomic mass is 16.5. The van der Waals surface area contributed by atoms with Gasteiger partial charge in [-0.3, -0.25) is 14.9 Å². The topological polar surface area (TPSA) is 47.5 Å². The van der Waals surface area contributed by atoms with Crippen molar-refractivity contribution in [3.63, 3.8) is 0 Å². The van der Waals surface area contributed by atoms with E-state index in [9.17, 15) is 0 Å². The van der Waals surface area contributed by atoms with Gasteiger partial charge in [-0.15, -0.1) is 0 Å². The van der Waals surface area contributed by atoms with Gasteiger partial charge in [0.25, 0.3) is 0 Å². The van der Waals surface area contributed by atoms with Crippen molar-refractivity contribution in [1.82, 2.24) is 14.9 Å². The summed E-state index contributed by atoms with van der Waals surface area (Å²) in [6.45, 7) is 4.31. The zero-order valence-electron chi connectivity index (χ0n) is 14.5. The summed E-state index contributed by atoms with van der Waals surface area (Å²) in [6.07, 6.45) is 8.90. The average Bonchev–Trinajstić information content (AvgIpc) is 3.03. The van der Waals surface area contributed by atoms with Gasteiger partial charge in [-0.05, 0) is 43.5 Å². The third kappa shape index (κ3) is 3.83. The van der Waals surface area contributed by atoms with Crippen molar-refractivity contribution < 1.29 is 9.47 Å². The minimum absolute atomic E-state index is 0.0742. The molecule has 1 saturated heterocycles. The second-order valence-corrected chi connectivity index (χ2v) is 7.03. The Hall–Kier alpha value is -1.98. The van der Waals surface area contributed by atoms with E-state index >= 15 is 0 Å². The Balaban J connectivity index is 1.40. The number of hydrogen-bond donors (Lipinski definition) is 0. The molecule has 4 rings (SSSR count). The summed E-state index contributed by atoms with van der Waals surface area (Å²) >= 11 is 0. The highest BCUT2D eigenvalue weighted by molar-refractivity contribution is 5.15. The minimum Gasteiger partial charge on any atom is -0.492 e. The van der Waals surface area contributed by atoms with Crippen LogP contribution in [0.1, 0.15) is 25.0 Å². The van der Waals surface area contributed by atoms with E-state index in [0.29, 0.717) is 12.5 Å². The molecular weight excluding hydrogens is 314 g/mol. The van der Waals surface area contributed by atoms with Crippen LogP contribution in [-0.2, 0) is 11.3 Å². The van der Waals surface area contributed by atoms with Gasteiger partial charge in [0.2, 0.25) is 0 Å². The summed E-state index contributed by atoms with van der Waals surface area (Å²) in [5.74, 6) is 1.27. The molecular formula is C20H25N3O2. The van der Waals surface area contributed by atoms with E-state index in [0.717, 1.165) is 50.5 Å². The van der Waals surface area contributed by atoms with Crippen LogP contribution in [-0.4, -0.2) is 46.8 Å². The van der Waals surface area contributed by atoms with E-state index in [1.807, 2.05) is 24.4 Å². The molecule has 1 aliphatic carbocycles. The number of rotatable bonds is 5. The number of ether oxygens (including phenoxy) is 2. The predicted octanol–water partition coefficient (Wildman–Crippen LogP) is 2.93. The number of aromatic nitrogens is 2. The summed E-state index contributed by atoms with van der Waals surface area (Å²) in [7, 11) is 0. The molecule has 1 aliphatic heterocycles. The molecule has 0 bridgehead atoms. The van der Waals surface area contributed by atoms with Crippen molar-refractivity contribution in [2.45, 2.75) is 31.4 Å². The number of nitrogens with zero attached hydrogens (tertiary/aromatic N) is 3.